The molecule has 0 bridgehead atoms. The third-order valence-electron chi connectivity index (χ3n) is 2.98. The number of hydrogen-bond acceptors (Lipinski definition) is 3. The number of allylic oxidation sites excluding steroid dienone is 1. The van der Waals surface area contributed by atoms with Crippen LogP contribution in [0.5, 0.6) is 0 Å². The fourth-order valence-electron chi connectivity index (χ4n) is 2.03. The molecule has 1 N–H and O–H groups in total. The molecule has 6 nitrogen and oxygen atoms in total. The van der Waals surface area contributed by atoms with Crippen LogP contribution in [0.1, 0.15) is 11.1 Å². The fraction of sp³-hybridized carbons (Fsp3) is 0. The maximum absolute atomic E-state index is 8.62. The maximum atomic E-state index is 8.62. The molecule has 0 saturated carbocycles. The second kappa shape index (κ2) is 5.81. The highest BCUT2D eigenvalue weighted by molar-refractivity contribution is 6.12. The van der Waals surface area contributed by atoms with Gasteiger partial charge in [-0.1, -0.05) is 65.8 Å². The summed E-state index contributed by atoms with van der Waals surface area (Å²) in [7, 11) is 0. The molecule has 0 amide bonds. The molecule has 0 spiro atoms. The van der Waals surface area contributed by atoms with Crippen molar-refractivity contribution in [2.75, 3.05) is 0 Å². The molecule has 0 aliphatic carbocycles. The SMILES string of the molecule is [N-]=[N+]=NN1N=C(c2ccccc2)C=C(c2ccccc2)N1. The Bertz CT molecular complexity index is 729. The van der Waals surface area contributed by atoms with Crippen LogP contribution >= 0.6 is 0 Å². The summed E-state index contributed by atoms with van der Waals surface area (Å²) in [6, 6.07) is 19.5. The van der Waals surface area contributed by atoms with E-state index in [1.54, 1.807) is 0 Å². The summed E-state index contributed by atoms with van der Waals surface area (Å²) in [5.74, 6) is 0. The highest BCUT2D eigenvalue weighted by Crippen LogP contribution is 2.18. The summed E-state index contributed by atoms with van der Waals surface area (Å²) in [6.45, 7) is 0. The number of hydrazine groups is 1. The van der Waals surface area contributed by atoms with Gasteiger partial charge in [-0.25, -0.2) is 0 Å². The highest BCUT2D eigenvalue weighted by atomic mass is 15.9. The third kappa shape index (κ3) is 2.86. The van der Waals surface area contributed by atoms with Crippen molar-refractivity contribution >= 4 is 11.4 Å². The number of nitrogens with zero attached hydrogens (tertiary/aromatic N) is 5. The average molecular weight is 276 g/mol. The molecular formula is C15H12N6. The Balaban J connectivity index is 2.04. The van der Waals surface area contributed by atoms with Crippen LogP contribution in [0.3, 0.4) is 0 Å². The van der Waals surface area contributed by atoms with Crippen molar-refractivity contribution < 1.29 is 0 Å². The van der Waals surface area contributed by atoms with Gasteiger partial charge in [-0.3, -0.25) is 0 Å². The highest BCUT2D eigenvalue weighted by Gasteiger charge is 2.17. The van der Waals surface area contributed by atoms with E-state index in [-0.39, 0.29) is 0 Å². The predicted molar refractivity (Wildman–Crippen MR) is 81.5 cm³/mol. The first-order valence-corrected chi connectivity index (χ1v) is 6.40. The van der Waals surface area contributed by atoms with E-state index < -0.39 is 0 Å². The molecule has 1 aliphatic rings. The molecule has 0 radical (unpaired) electrons. The number of nitrogens with one attached hydrogen (secondary N) is 1. The molecule has 2 aromatic rings. The fourth-order valence-corrected chi connectivity index (χ4v) is 2.03. The molecule has 2 aromatic carbocycles. The Kier molecular flexibility index (Phi) is 3.54. The lowest BCUT2D eigenvalue weighted by atomic mass is 10.1. The van der Waals surface area contributed by atoms with Crippen molar-refractivity contribution in [3.05, 3.63) is 88.3 Å². The topological polar surface area (TPSA) is 76.4 Å². The van der Waals surface area contributed by atoms with Gasteiger partial charge in [0.2, 0.25) is 0 Å². The van der Waals surface area contributed by atoms with Crippen LogP contribution in [0.4, 0.5) is 0 Å². The van der Waals surface area contributed by atoms with Crippen LogP contribution in [0.15, 0.2) is 77.1 Å². The van der Waals surface area contributed by atoms with Gasteiger partial charge in [0, 0.05) is 16.4 Å². The van der Waals surface area contributed by atoms with Gasteiger partial charge in [0.05, 0.1) is 5.70 Å². The Morgan fingerprint density at radius 1 is 0.952 bits per heavy atom. The summed E-state index contributed by atoms with van der Waals surface area (Å²) in [6.07, 6.45) is 1.92. The molecule has 0 aromatic heterocycles. The molecule has 102 valence electrons. The second-order valence-electron chi connectivity index (χ2n) is 4.36. The number of azide groups is 1. The summed E-state index contributed by atoms with van der Waals surface area (Å²) in [5, 5.41) is 8.90. The standard InChI is InChI=1S/C15H12N6/c16-19-20-21-17-14(12-7-3-1-4-8-12)11-15(18-21)13-9-5-2-6-10-13/h1-11,17H. The van der Waals surface area contributed by atoms with Gasteiger partial charge < -0.3 is 0 Å². The van der Waals surface area contributed by atoms with Crippen LogP contribution in [0.25, 0.3) is 16.1 Å². The van der Waals surface area contributed by atoms with E-state index in [9.17, 15) is 0 Å². The number of benzene rings is 2. The summed E-state index contributed by atoms with van der Waals surface area (Å²) >= 11 is 0. The molecule has 1 heterocycles. The van der Waals surface area contributed by atoms with Crippen LogP contribution < -0.4 is 5.43 Å². The number of hydrazone groups is 1. The monoisotopic (exact) mass is 276 g/mol. The van der Waals surface area contributed by atoms with Gasteiger partial charge in [0.1, 0.15) is 5.71 Å². The van der Waals surface area contributed by atoms with E-state index in [1.807, 2.05) is 66.7 Å². The smallest absolute Gasteiger partial charge is 0.119 e. The zero-order valence-electron chi connectivity index (χ0n) is 11.1. The Morgan fingerprint density at radius 2 is 1.57 bits per heavy atom. The van der Waals surface area contributed by atoms with Gasteiger partial charge in [-0.2, -0.15) is 10.3 Å². The van der Waals surface area contributed by atoms with E-state index in [1.165, 1.54) is 0 Å². The lowest BCUT2D eigenvalue weighted by molar-refractivity contribution is 0.245. The molecular weight excluding hydrogens is 264 g/mol. The van der Waals surface area contributed by atoms with E-state index in [2.05, 4.69) is 20.7 Å². The van der Waals surface area contributed by atoms with E-state index in [4.69, 9.17) is 5.53 Å². The van der Waals surface area contributed by atoms with Crippen molar-refractivity contribution in [2.24, 2.45) is 10.3 Å². The first-order chi connectivity index (χ1) is 10.4. The zero-order valence-corrected chi connectivity index (χ0v) is 11.1. The molecule has 21 heavy (non-hydrogen) atoms. The lowest BCUT2D eigenvalue weighted by Gasteiger charge is -2.18. The minimum Gasteiger partial charge on any atom is -0.199 e. The van der Waals surface area contributed by atoms with Crippen LogP contribution in [-0.2, 0) is 0 Å². The van der Waals surface area contributed by atoms with Crippen molar-refractivity contribution in [1.82, 2.24) is 10.7 Å². The summed E-state index contributed by atoms with van der Waals surface area (Å²) in [4.78, 5) is 2.77. The largest absolute Gasteiger partial charge is 0.199 e. The molecule has 0 fully saturated rings. The molecule has 0 unspecified atom stereocenters. The van der Waals surface area contributed by atoms with Crippen LogP contribution in [0, 0.1) is 0 Å². The molecule has 6 heteroatoms. The summed E-state index contributed by atoms with van der Waals surface area (Å²) in [5.41, 5.74) is 15.1. The van der Waals surface area contributed by atoms with E-state index >= 15 is 0 Å². The lowest BCUT2D eigenvalue weighted by Crippen LogP contribution is -2.32. The number of hydrogen-bond donors (Lipinski definition) is 1. The minimum absolute atomic E-state index is 0.723. The Labute approximate surface area is 121 Å². The second-order valence-corrected chi connectivity index (χ2v) is 4.36. The normalized spacial score (nSPS) is 13.6. The molecule has 0 saturated heterocycles. The predicted octanol–water partition coefficient (Wildman–Crippen LogP) is 3.48. The quantitative estimate of drug-likeness (QED) is 0.529. The maximum Gasteiger partial charge on any atom is 0.119 e. The van der Waals surface area contributed by atoms with Crippen molar-refractivity contribution in [1.29, 1.82) is 0 Å². The Morgan fingerprint density at radius 3 is 2.19 bits per heavy atom. The molecule has 3 rings (SSSR count). The average Bonchev–Trinajstić information content (AvgIpc) is 2.56. The number of rotatable bonds is 3. The first-order valence-electron chi connectivity index (χ1n) is 6.40. The van der Waals surface area contributed by atoms with E-state index in [0.717, 1.165) is 27.8 Å². The third-order valence-corrected chi connectivity index (χ3v) is 2.98. The van der Waals surface area contributed by atoms with Crippen LogP contribution in [-0.4, -0.2) is 10.9 Å². The first kappa shape index (κ1) is 12.8. The minimum atomic E-state index is 0.723. The van der Waals surface area contributed by atoms with Gasteiger partial charge >= 0.3 is 0 Å². The van der Waals surface area contributed by atoms with Crippen molar-refractivity contribution in [3.8, 4) is 0 Å². The van der Waals surface area contributed by atoms with Gasteiger partial charge in [0.15, 0.2) is 0 Å². The van der Waals surface area contributed by atoms with Gasteiger partial charge in [0.25, 0.3) is 0 Å². The van der Waals surface area contributed by atoms with Crippen LogP contribution in [0.2, 0.25) is 0 Å². The molecule has 1 aliphatic heterocycles. The van der Waals surface area contributed by atoms with Gasteiger partial charge in [-0.05, 0) is 11.3 Å². The van der Waals surface area contributed by atoms with Crippen molar-refractivity contribution in [3.63, 3.8) is 0 Å². The summed E-state index contributed by atoms with van der Waals surface area (Å²) < 4.78 is 0. The van der Waals surface area contributed by atoms with Gasteiger partial charge in [-0.15, -0.1) is 5.53 Å². The van der Waals surface area contributed by atoms with Crippen molar-refractivity contribution in [2.45, 2.75) is 0 Å². The zero-order chi connectivity index (χ0) is 14.5. The van der Waals surface area contributed by atoms with E-state index in [0.29, 0.717) is 0 Å². The molecule has 0 atom stereocenters. The Hall–Kier alpha value is -3.24.